The molecule has 0 amide bonds. The van der Waals surface area contributed by atoms with Crippen LogP contribution in [0.25, 0.3) is 0 Å². The van der Waals surface area contributed by atoms with Crippen LogP contribution in [0.2, 0.25) is 4.34 Å². The van der Waals surface area contributed by atoms with E-state index in [1.807, 2.05) is 6.07 Å². The monoisotopic (exact) mass is 318 g/mol. The van der Waals surface area contributed by atoms with Gasteiger partial charge in [0.05, 0.1) is 10.4 Å². The van der Waals surface area contributed by atoms with Gasteiger partial charge in [0.2, 0.25) is 0 Å². The molecule has 1 aliphatic rings. The van der Waals surface area contributed by atoms with Gasteiger partial charge in [-0.15, -0.1) is 11.3 Å². The van der Waals surface area contributed by atoms with Gasteiger partial charge in [0.15, 0.2) is 0 Å². The molecule has 0 saturated carbocycles. The van der Waals surface area contributed by atoms with Crippen molar-refractivity contribution in [2.75, 3.05) is 18.8 Å². The van der Waals surface area contributed by atoms with Crippen molar-refractivity contribution in [2.24, 2.45) is 5.73 Å². The maximum atomic E-state index is 6.24. The van der Waals surface area contributed by atoms with Crippen LogP contribution in [0.5, 0.6) is 0 Å². The molecule has 108 valence electrons. The van der Waals surface area contributed by atoms with Gasteiger partial charge in [-0.05, 0) is 25.5 Å². The first kappa shape index (κ1) is 15.6. The summed E-state index contributed by atoms with van der Waals surface area (Å²) in [4.78, 5) is 3.83. The van der Waals surface area contributed by atoms with Crippen molar-refractivity contribution in [3.05, 3.63) is 21.3 Å². The van der Waals surface area contributed by atoms with Crippen LogP contribution in [0.1, 0.15) is 38.1 Å². The van der Waals surface area contributed by atoms with Crippen LogP contribution in [0.15, 0.2) is 12.1 Å². The van der Waals surface area contributed by atoms with Crippen molar-refractivity contribution < 1.29 is 0 Å². The van der Waals surface area contributed by atoms with Gasteiger partial charge in [-0.2, -0.15) is 11.8 Å². The van der Waals surface area contributed by atoms with Gasteiger partial charge in [0.1, 0.15) is 0 Å². The number of thioether (sulfide) groups is 1. The van der Waals surface area contributed by atoms with Crippen molar-refractivity contribution in [1.82, 2.24) is 4.90 Å². The summed E-state index contributed by atoms with van der Waals surface area (Å²) in [7, 11) is 0. The highest BCUT2D eigenvalue weighted by Crippen LogP contribution is 2.36. The third kappa shape index (κ3) is 4.11. The van der Waals surface area contributed by atoms with Crippen molar-refractivity contribution in [1.29, 1.82) is 0 Å². The lowest BCUT2D eigenvalue weighted by Gasteiger charge is -2.33. The van der Waals surface area contributed by atoms with Gasteiger partial charge in [0.25, 0.3) is 0 Å². The molecule has 2 N–H and O–H groups in total. The minimum absolute atomic E-state index is 0.126. The number of halogens is 1. The van der Waals surface area contributed by atoms with Crippen LogP contribution in [0.3, 0.4) is 0 Å². The first-order chi connectivity index (χ1) is 8.89. The Labute approximate surface area is 129 Å². The Kier molecular flexibility index (Phi) is 5.23. The quantitative estimate of drug-likeness (QED) is 0.913. The van der Waals surface area contributed by atoms with E-state index in [-0.39, 0.29) is 6.04 Å². The number of rotatable bonds is 3. The lowest BCUT2D eigenvalue weighted by molar-refractivity contribution is 0.187. The second kappa shape index (κ2) is 6.35. The molecule has 1 aromatic heterocycles. The fourth-order valence-electron chi connectivity index (χ4n) is 2.57. The molecule has 1 saturated heterocycles. The fourth-order valence-corrected chi connectivity index (χ4v) is 5.00. The summed E-state index contributed by atoms with van der Waals surface area (Å²) in [6.45, 7) is 8.99. The van der Waals surface area contributed by atoms with Crippen molar-refractivity contribution in [3.63, 3.8) is 0 Å². The van der Waals surface area contributed by atoms with E-state index < -0.39 is 0 Å². The number of thiophene rings is 1. The maximum absolute atomic E-state index is 6.24. The van der Waals surface area contributed by atoms with Crippen molar-refractivity contribution >= 4 is 34.7 Å². The fraction of sp³-hybridized carbons (Fsp3) is 0.714. The van der Waals surface area contributed by atoms with E-state index in [0.29, 0.717) is 10.8 Å². The first-order valence-corrected chi connectivity index (χ1v) is 8.96. The third-order valence-electron chi connectivity index (χ3n) is 3.65. The number of hydrogen-bond acceptors (Lipinski definition) is 4. The Morgan fingerprint density at radius 2 is 2.11 bits per heavy atom. The summed E-state index contributed by atoms with van der Waals surface area (Å²) >= 11 is 9.81. The molecule has 2 rings (SSSR count). The van der Waals surface area contributed by atoms with Gasteiger partial charge < -0.3 is 5.73 Å². The molecule has 1 aromatic rings. The predicted octanol–water partition coefficient (Wildman–Crippen LogP) is 4.01. The van der Waals surface area contributed by atoms with Crippen LogP contribution < -0.4 is 5.73 Å². The second-order valence-electron chi connectivity index (χ2n) is 5.84. The normalized spacial score (nSPS) is 23.8. The van der Waals surface area contributed by atoms with Gasteiger partial charge in [-0.3, -0.25) is 4.90 Å². The van der Waals surface area contributed by atoms with Crippen LogP contribution >= 0.6 is 34.7 Å². The molecule has 19 heavy (non-hydrogen) atoms. The molecule has 1 aliphatic heterocycles. The SMILES string of the molecule is CC(N)C(c1ccc(Cl)s1)N1CCSC(C)(C)CC1. The topological polar surface area (TPSA) is 29.3 Å². The summed E-state index contributed by atoms with van der Waals surface area (Å²) in [5.74, 6) is 1.18. The maximum Gasteiger partial charge on any atom is 0.0931 e. The summed E-state index contributed by atoms with van der Waals surface area (Å²) in [6.07, 6.45) is 1.21. The summed E-state index contributed by atoms with van der Waals surface area (Å²) in [5, 5.41) is 0. The van der Waals surface area contributed by atoms with E-state index >= 15 is 0 Å². The van der Waals surface area contributed by atoms with Crippen molar-refractivity contribution in [2.45, 2.75) is 44.0 Å². The third-order valence-corrected chi connectivity index (χ3v) is 6.32. The van der Waals surface area contributed by atoms with Gasteiger partial charge in [-0.1, -0.05) is 25.4 Å². The molecule has 2 atom stereocenters. The summed E-state index contributed by atoms with van der Waals surface area (Å²) in [5.41, 5.74) is 6.24. The van der Waals surface area contributed by atoms with E-state index in [1.165, 1.54) is 17.1 Å². The number of nitrogens with two attached hydrogens (primary N) is 1. The average Bonchev–Trinajstić information content (AvgIpc) is 2.63. The van der Waals surface area contributed by atoms with Crippen LogP contribution in [-0.2, 0) is 0 Å². The molecule has 2 nitrogen and oxygen atoms in total. The Balaban J connectivity index is 2.15. The molecule has 0 bridgehead atoms. The van der Waals surface area contributed by atoms with Crippen LogP contribution in [0, 0.1) is 0 Å². The van der Waals surface area contributed by atoms with E-state index in [1.54, 1.807) is 11.3 Å². The molecule has 0 aliphatic carbocycles. The summed E-state index contributed by atoms with van der Waals surface area (Å²) < 4.78 is 1.23. The first-order valence-electron chi connectivity index (χ1n) is 6.78. The molecular formula is C14H23ClN2S2. The van der Waals surface area contributed by atoms with Crippen LogP contribution in [0.4, 0.5) is 0 Å². The zero-order chi connectivity index (χ0) is 14.0. The Morgan fingerprint density at radius 1 is 1.37 bits per heavy atom. The van der Waals surface area contributed by atoms with Gasteiger partial charge >= 0.3 is 0 Å². The van der Waals surface area contributed by atoms with E-state index in [9.17, 15) is 0 Å². The second-order valence-corrected chi connectivity index (χ2v) is 9.39. The minimum Gasteiger partial charge on any atom is -0.326 e. The standard InChI is InChI=1S/C14H23ClN2S2/c1-10(16)13(11-4-5-12(15)19-11)17-7-6-14(2,3)18-9-8-17/h4-5,10,13H,6-9,16H2,1-3H3. The van der Waals surface area contributed by atoms with E-state index in [4.69, 9.17) is 17.3 Å². The molecule has 1 fully saturated rings. The Morgan fingerprint density at radius 3 is 2.68 bits per heavy atom. The molecule has 0 spiro atoms. The number of hydrogen-bond donors (Lipinski definition) is 1. The average molecular weight is 319 g/mol. The lowest BCUT2D eigenvalue weighted by atomic mass is 10.0. The largest absolute Gasteiger partial charge is 0.326 e. The predicted molar refractivity (Wildman–Crippen MR) is 88.4 cm³/mol. The van der Waals surface area contributed by atoms with E-state index in [0.717, 1.165) is 17.4 Å². The van der Waals surface area contributed by atoms with Crippen molar-refractivity contribution in [3.8, 4) is 0 Å². The minimum atomic E-state index is 0.126. The smallest absolute Gasteiger partial charge is 0.0931 e. The molecule has 0 radical (unpaired) electrons. The summed E-state index contributed by atoms with van der Waals surface area (Å²) in [6, 6.07) is 4.53. The Hall–Kier alpha value is 0.260. The van der Waals surface area contributed by atoms with Gasteiger partial charge in [-0.25, -0.2) is 0 Å². The highest BCUT2D eigenvalue weighted by molar-refractivity contribution is 8.00. The molecule has 2 unspecified atom stereocenters. The zero-order valence-corrected chi connectivity index (χ0v) is 14.2. The van der Waals surface area contributed by atoms with Gasteiger partial charge in [0, 0.05) is 34.5 Å². The molecular weight excluding hydrogens is 296 g/mol. The van der Waals surface area contributed by atoms with E-state index in [2.05, 4.69) is 43.5 Å². The zero-order valence-electron chi connectivity index (χ0n) is 11.9. The van der Waals surface area contributed by atoms with Crippen LogP contribution in [-0.4, -0.2) is 34.5 Å². The Bertz CT molecular complexity index is 417. The highest BCUT2D eigenvalue weighted by Gasteiger charge is 2.30. The molecule has 2 heterocycles. The molecule has 0 aromatic carbocycles. The lowest BCUT2D eigenvalue weighted by Crippen LogP contribution is -2.40. The number of nitrogens with zero attached hydrogens (tertiary/aromatic N) is 1. The highest BCUT2D eigenvalue weighted by atomic mass is 35.5. The molecule has 5 heteroatoms.